The molecule has 0 aromatic heterocycles. The first kappa shape index (κ1) is 15.4. The van der Waals surface area contributed by atoms with E-state index in [0.717, 1.165) is 18.2 Å². The molecule has 0 unspecified atom stereocenters. The Bertz CT molecular complexity index is 549. The number of aliphatic carboxylic acids is 1. The maximum Gasteiger partial charge on any atom is 0.335 e. The Labute approximate surface area is 112 Å². The highest BCUT2D eigenvalue weighted by atomic mass is 19.1. The molecule has 0 aliphatic heterocycles. The van der Waals surface area contributed by atoms with Gasteiger partial charge in [0.1, 0.15) is 11.9 Å². The molecule has 6 N–H and O–H groups in total. The number of anilines is 1. The minimum Gasteiger partial charge on any atom is -0.480 e. The number of nitrogens with two attached hydrogens (primary N) is 1. The van der Waals surface area contributed by atoms with E-state index in [9.17, 15) is 18.8 Å². The molecule has 1 rings (SSSR count). The van der Waals surface area contributed by atoms with Crippen molar-refractivity contribution in [3.05, 3.63) is 29.6 Å². The Kier molecular flexibility index (Phi) is 4.98. The van der Waals surface area contributed by atoms with Crippen LogP contribution in [-0.2, 0) is 4.79 Å². The topological polar surface area (TPSA) is 142 Å². The van der Waals surface area contributed by atoms with Gasteiger partial charge in [0.15, 0.2) is 0 Å². The van der Waals surface area contributed by atoms with Crippen molar-refractivity contribution in [2.75, 3.05) is 11.9 Å². The lowest BCUT2D eigenvalue weighted by Crippen LogP contribution is -2.43. The van der Waals surface area contributed by atoms with Crippen molar-refractivity contribution in [2.24, 2.45) is 5.73 Å². The lowest BCUT2D eigenvalue weighted by molar-refractivity contribution is -0.138. The third-order valence-electron chi connectivity index (χ3n) is 2.26. The minimum absolute atomic E-state index is 0.205. The first-order chi connectivity index (χ1) is 9.31. The van der Waals surface area contributed by atoms with Crippen molar-refractivity contribution in [2.45, 2.75) is 6.04 Å². The Morgan fingerprint density at radius 2 is 1.95 bits per heavy atom. The number of halogens is 1. The van der Waals surface area contributed by atoms with E-state index in [0.29, 0.717) is 0 Å². The van der Waals surface area contributed by atoms with Crippen LogP contribution >= 0.6 is 0 Å². The molecule has 9 heteroatoms. The Morgan fingerprint density at radius 1 is 1.30 bits per heavy atom. The molecule has 2 amide bonds. The van der Waals surface area contributed by atoms with Gasteiger partial charge in [-0.25, -0.2) is 14.0 Å². The van der Waals surface area contributed by atoms with E-state index in [-0.39, 0.29) is 17.8 Å². The number of benzene rings is 1. The number of urea groups is 1. The maximum absolute atomic E-state index is 13.4. The molecule has 1 aromatic carbocycles. The van der Waals surface area contributed by atoms with E-state index < -0.39 is 29.8 Å². The Balaban J connectivity index is 2.68. The van der Waals surface area contributed by atoms with Crippen LogP contribution < -0.4 is 16.4 Å². The van der Waals surface area contributed by atoms with Crippen molar-refractivity contribution in [1.82, 2.24) is 5.32 Å². The number of carboxylic acid groups (broad SMARTS) is 2. The molecule has 108 valence electrons. The molecule has 0 radical (unpaired) electrons. The number of amides is 2. The summed E-state index contributed by atoms with van der Waals surface area (Å²) in [5.74, 6) is -3.40. The van der Waals surface area contributed by atoms with Crippen LogP contribution in [0.15, 0.2) is 18.2 Å². The van der Waals surface area contributed by atoms with Crippen molar-refractivity contribution >= 4 is 23.7 Å². The largest absolute Gasteiger partial charge is 0.480 e. The van der Waals surface area contributed by atoms with Gasteiger partial charge in [0.05, 0.1) is 11.3 Å². The average Bonchev–Trinajstić information content (AvgIpc) is 2.38. The van der Waals surface area contributed by atoms with Crippen LogP contribution in [0.5, 0.6) is 0 Å². The second-order valence-corrected chi connectivity index (χ2v) is 3.78. The minimum atomic E-state index is -1.30. The summed E-state index contributed by atoms with van der Waals surface area (Å²) in [6.07, 6.45) is 0. The van der Waals surface area contributed by atoms with Crippen molar-refractivity contribution < 1.29 is 29.0 Å². The molecule has 0 saturated heterocycles. The number of carbonyl (C=O) groups is 3. The van der Waals surface area contributed by atoms with Gasteiger partial charge < -0.3 is 26.6 Å². The molecule has 20 heavy (non-hydrogen) atoms. The first-order valence-electron chi connectivity index (χ1n) is 5.37. The highest BCUT2D eigenvalue weighted by Crippen LogP contribution is 2.16. The molecule has 0 fully saturated rings. The van der Waals surface area contributed by atoms with E-state index in [1.807, 2.05) is 0 Å². The molecule has 1 atom stereocenters. The molecule has 0 saturated carbocycles. The van der Waals surface area contributed by atoms with Crippen LogP contribution in [-0.4, -0.2) is 40.8 Å². The number of carbonyl (C=O) groups excluding carboxylic acids is 1. The van der Waals surface area contributed by atoms with Crippen LogP contribution in [0.2, 0.25) is 0 Å². The van der Waals surface area contributed by atoms with Gasteiger partial charge in [-0.2, -0.15) is 0 Å². The van der Waals surface area contributed by atoms with Gasteiger partial charge >= 0.3 is 18.0 Å². The average molecular weight is 285 g/mol. The summed E-state index contributed by atoms with van der Waals surface area (Å²) in [7, 11) is 0. The molecule has 8 nitrogen and oxygen atoms in total. The normalized spacial score (nSPS) is 11.5. The molecular weight excluding hydrogens is 273 g/mol. The molecule has 0 bridgehead atoms. The summed E-state index contributed by atoms with van der Waals surface area (Å²) in [6.45, 7) is -0.360. The SMILES string of the molecule is N[C@@H](CNC(=O)Nc1cc(C(=O)O)ccc1F)C(=O)O. The van der Waals surface area contributed by atoms with Crippen LogP contribution in [0.3, 0.4) is 0 Å². The fourth-order valence-electron chi connectivity index (χ4n) is 1.21. The van der Waals surface area contributed by atoms with E-state index in [2.05, 4.69) is 10.6 Å². The van der Waals surface area contributed by atoms with Crippen LogP contribution in [0.1, 0.15) is 10.4 Å². The van der Waals surface area contributed by atoms with Crippen LogP contribution in [0.4, 0.5) is 14.9 Å². The number of aromatic carboxylic acids is 1. The fraction of sp³-hybridized carbons (Fsp3) is 0.182. The van der Waals surface area contributed by atoms with E-state index in [1.54, 1.807) is 0 Å². The molecule has 1 aromatic rings. The summed E-state index contributed by atoms with van der Waals surface area (Å²) < 4.78 is 13.4. The smallest absolute Gasteiger partial charge is 0.335 e. The van der Waals surface area contributed by atoms with Gasteiger partial charge in [0, 0.05) is 6.54 Å². The number of nitrogens with one attached hydrogen (secondary N) is 2. The summed E-state index contributed by atoms with van der Waals surface area (Å²) >= 11 is 0. The lowest BCUT2D eigenvalue weighted by Gasteiger charge is -2.10. The second-order valence-electron chi connectivity index (χ2n) is 3.78. The number of rotatable bonds is 5. The standard InChI is InChI=1S/C11H12FN3O5/c12-6-2-1-5(9(16)17)3-8(6)15-11(20)14-4-7(13)10(18)19/h1-3,7H,4,13H2,(H,16,17)(H,18,19)(H2,14,15,20)/t7-/m0/s1. The van der Waals surface area contributed by atoms with Gasteiger partial charge in [0.2, 0.25) is 0 Å². The zero-order valence-electron chi connectivity index (χ0n) is 10.1. The summed E-state index contributed by atoms with van der Waals surface area (Å²) in [6, 6.07) is 0.677. The highest BCUT2D eigenvalue weighted by molar-refractivity contribution is 5.93. The van der Waals surface area contributed by atoms with E-state index >= 15 is 0 Å². The predicted octanol–water partition coefficient (Wildman–Crippen LogP) is 0.0573. The van der Waals surface area contributed by atoms with Crippen LogP contribution in [0.25, 0.3) is 0 Å². The van der Waals surface area contributed by atoms with E-state index in [4.69, 9.17) is 15.9 Å². The van der Waals surface area contributed by atoms with Crippen molar-refractivity contribution in [3.8, 4) is 0 Å². The van der Waals surface area contributed by atoms with Gasteiger partial charge in [-0.1, -0.05) is 0 Å². The summed E-state index contributed by atoms with van der Waals surface area (Å²) in [4.78, 5) is 32.5. The molecule has 0 aliphatic carbocycles. The Morgan fingerprint density at radius 3 is 2.50 bits per heavy atom. The zero-order chi connectivity index (χ0) is 15.3. The zero-order valence-corrected chi connectivity index (χ0v) is 10.1. The van der Waals surface area contributed by atoms with E-state index in [1.165, 1.54) is 0 Å². The van der Waals surface area contributed by atoms with Gasteiger partial charge in [-0.05, 0) is 18.2 Å². The molecule has 0 spiro atoms. The number of carboxylic acids is 2. The number of hydrogen-bond donors (Lipinski definition) is 5. The lowest BCUT2D eigenvalue weighted by atomic mass is 10.2. The quantitative estimate of drug-likeness (QED) is 0.517. The molecular formula is C11H12FN3O5. The molecule has 0 aliphatic rings. The summed E-state index contributed by atoms with van der Waals surface area (Å²) in [5.41, 5.74) is 4.61. The summed E-state index contributed by atoms with van der Waals surface area (Å²) in [5, 5.41) is 21.4. The monoisotopic (exact) mass is 285 g/mol. The predicted molar refractivity (Wildman–Crippen MR) is 66.0 cm³/mol. The van der Waals surface area contributed by atoms with Crippen molar-refractivity contribution in [1.29, 1.82) is 0 Å². The second kappa shape index (κ2) is 6.48. The van der Waals surface area contributed by atoms with Crippen molar-refractivity contribution in [3.63, 3.8) is 0 Å². The van der Waals surface area contributed by atoms with Crippen LogP contribution in [0, 0.1) is 5.82 Å². The Hall–Kier alpha value is -2.68. The third-order valence-corrected chi connectivity index (χ3v) is 2.26. The highest BCUT2D eigenvalue weighted by Gasteiger charge is 2.14. The molecule has 0 heterocycles. The first-order valence-corrected chi connectivity index (χ1v) is 5.37. The fourth-order valence-corrected chi connectivity index (χ4v) is 1.21. The number of hydrogen-bond acceptors (Lipinski definition) is 4. The van der Waals surface area contributed by atoms with Gasteiger partial charge in [-0.15, -0.1) is 0 Å². The van der Waals surface area contributed by atoms with Gasteiger partial charge in [-0.3, -0.25) is 4.79 Å². The third kappa shape index (κ3) is 4.21. The maximum atomic E-state index is 13.4. The van der Waals surface area contributed by atoms with Gasteiger partial charge in [0.25, 0.3) is 0 Å².